The molecule has 0 heterocycles. The van der Waals surface area contributed by atoms with Gasteiger partial charge in [0, 0.05) is 14.2 Å². The van der Waals surface area contributed by atoms with Gasteiger partial charge in [-0.05, 0) is 77.5 Å². The minimum absolute atomic E-state index is 0.000117. The average molecular weight is 413 g/mol. The Labute approximate surface area is 142 Å². The summed E-state index contributed by atoms with van der Waals surface area (Å²) >= 11 is 3.77. The second-order valence-electron chi connectivity index (χ2n) is 4.47. The van der Waals surface area contributed by atoms with Gasteiger partial charge in [0.05, 0.1) is 12.9 Å². The van der Waals surface area contributed by atoms with Crippen molar-refractivity contribution >= 4 is 45.9 Å². The Morgan fingerprint density at radius 3 is 2.57 bits per heavy atom. The molecule has 2 rings (SSSR count). The van der Waals surface area contributed by atoms with Gasteiger partial charge in [0.2, 0.25) is 5.91 Å². The smallest absolute Gasteiger partial charge is 0.234 e. The first kappa shape index (κ1) is 16.2. The van der Waals surface area contributed by atoms with E-state index < -0.39 is 0 Å². The zero-order valence-corrected chi connectivity index (χ0v) is 14.8. The van der Waals surface area contributed by atoms with Crippen molar-refractivity contribution in [1.29, 1.82) is 0 Å². The number of methoxy groups -OCH3 is 1. The molecule has 0 saturated heterocycles. The number of halogens is 1. The van der Waals surface area contributed by atoms with Crippen LogP contribution in [0.2, 0.25) is 0 Å². The van der Waals surface area contributed by atoms with E-state index in [1.807, 2.05) is 49.4 Å². The zero-order valence-electron chi connectivity index (χ0n) is 11.9. The van der Waals surface area contributed by atoms with Crippen molar-refractivity contribution in [2.45, 2.75) is 11.8 Å². The second-order valence-corrected chi connectivity index (χ2v) is 6.77. The van der Waals surface area contributed by atoms with Crippen LogP contribution < -0.4 is 10.1 Å². The minimum Gasteiger partial charge on any atom is -0.497 e. The summed E-state index contributed by atoms with van der Waals surface area (Å²) in [6.45, 7) is 1.99. The molecular weight excluding hydrogens is 397 g/mol. The highest BCUT2D eigenvalue weighted by Crippen LogP contribution is 2.22. The number of rotatable bonds is 5. The largest absolute Gasteiger partial charge is 0.497 e. The van der Waals surface area contributed by atoms with Crippen LogP contribution in [0, 0.1) is 10.5 Å². The summed E-state index contributed by atoms with van der Waals surface area (Å²) in [4.78, 5) is 13.0. The van der Waals surface area contributed by atoms with E-state index in [-0.39, 0.29) is 5.91 Å². The van der Waals surface area contributed by atoms with Crippen LogP contribution in [-0.4, -0.2) is 18.8 Å². The number of benzene rings is 2. The van der Waals surface area contributed by atoms with E-state index in [1.54, 1.807) is 7.11 Å². The van der Waals surface area contributed by atoms with Crippen LogP contribution in [0.3, 0.4) is 0 Å². The molecule has 21 heavy (non-hydrogen) atoms. The molecule has 0 aromatic heterocycles. The summed E-state index contributed by atoms with van der Waals surface area (Å²) in [5, 5.41) is 2.94. The van der Waals surface area contributed by atoms with Crippen LogP contribution >= 0.6 is 34.4 Å². The fourth-order valence-electron chi connectivity index (χ4n) is 1.77. The van der Waals surface area contributed by atoms with Crippen LogP contribution in [0.25, 0.3) is 0 Å². The maximum Gasteiger partial charge on any atom is 0.234 e. The number of amides is 1. The Morgan fingerprint density at radius 1 is 1.24 bits per heavy atom. The van der Waals surface area contributed by atoms with Crippen LogP contribution in [0.15, 0.2) is 47.4 Å². The molecule has 0 aliphatic rings. The molecule has 0 saturated carbocycles. The van der Waals surface area contributed by atoms with Crippen molar-refractivity contribution in [3.8, 4) is 5.75 Å². The number of thioether (sulfide) groups is 1. The van der Waals surface area contributed by atoms with E-state index >= 15 is 0 Å². The van der Waals surface area contributed by atoms with Gasteiger partial charge in [-0.25, -0.2) is 0 Å². The van der Waals surface area contributed by atoms with Crippen molar-refractivity contribution in [1.82, 2.24) is 0 Å². The van der Waals surface area contributed by atoms with Gasteiger partial charge in [-0.15, -0.1) is 11.8 Å². The molecule has 110 valence electrons. The van der Waals surface area contributed by atoms with Gasteiger partial charge < -0.3 is 10.1 Å². The summed E-state index contributed by atoms with van der Waals surface area (Å²) in [5.74, 6) is 1.20. The standard InChI is InChI=1S/C16H16INO2S/c1-11-9-12(17)3-8-15(11)18-16(19)10-21-14-6-4-13(20-2)5-7-14/h3-9H,10H2,1-2H3,(H,18,19). The van der Waals surface area contributed by atoms with Crippen LogP contribution in [0.4, 0.5) is 5.69 Å². The van der Waals surface area contributed by atoms with Gasteiger partial charge in [0.15, 0.2) is 0 Å². The molecule has 0 aliphatic heterocycles. The highest BCUT2D eigenvalue weighted by Gasteiger charge is 2.06. The number of carbonyl (C=O) groups excluding carboxylic acids is 1. The molecule has 5 heteroatoms. The highest BCUT2D eigenvalue weighted by molar-refractivity contribution is 14.1. The normalized spacial score (nSPS) is 10.2. The quantitative estimate of drug-likeness (QED) is 0.586. The lowest BCUT2D eigenvalue weighted by Gasteiger charge is -2.09. The molecule has 3 nitrogen and oxygen atoms in total. The SMILES string of the molecule is COc1ccc(SCC(=O)Nc2ccc(I)cc2C)cc1. The Morgan fingerprint density at radius 2 is 1.95 bits per heavy atom. The van der Waals surface area contributed by atoms with Crippen LogP contribution in [-0.2, 0) is 4.79 Å². The van der Waals surface area contributed by atoms with E-state index in [2.05, 4.69) is 27.9 Å². The second kappa shape index (κ2) is 7.70. The summed E-state index contributed by atoms with van der Waals surface area (Å²) in [7, 11) is 1.64. The van der Waals surface area contributed by atoms with E-state index in [4.69, 9.17) is 4.74 Å². The van der Waals surface area contributed by atoms with Crippen molar-refractivity contribution in [2.75, 3.05) is 18.2 Å². The molecule has 0 radical (unpaired) electrons. The van der Waals surface area contributed by atoms with E-state index in [1.165, 1.54) is 11.8 Å². The first-order valence-electron chi connectivity index (χ1n) is 6.41. The fourth-order valence-corrected chi connectivity index (χ4v) is 3.12. The third-order valence-corrected chi connectivity index (χ3v) is 4.57. The summed E-state index contributed by atoms with van der Waals surface area (Å²) in [6, 6.07) is 13.7. The number of aryl methyl sites for hydroxylation is 1. The molecule has 0 atom stereocenters. The van der Waals surface area contributed by atoms with Gasteiger partial charge in [-0.3, -0.25) is 4.79 Å². The number of nitrogens with one attached hydrogen (secondary N) is 1. The summed E-state index contributed by atoms with van der Waals surface area (Å²) in [6.07, 6.45) is 0. The molecule has 0 bridgehead atoms. The first-order chi connectivity index (χ1) is 10.1. The lowest BCUT2D eigenvalue weighted by atomic mass is 10.2. The number of hydrogen-bond acceptors (Lipinski definition) is 3. The Balaban J connectivity index is 1.89. The number of carbonyl (C=O) groups is 1. The van der Waals surface area contributed by atoms with Crippen molar-refractivity contribution in [2.24, 2.45) is 0 Å². The molecule has 0 fully saturated rings. The predicted octanol–water partition coefficient (Wildman–Crippen LogP) is 4.34. The average Bonchev–Trinajstić information content (AvgIpc) is 2.48. The van der Waals surface area contributed by atoms with Gasteiger partial charge in [0.1, 0.15) is 5.75 Å². The van der Waals surface area contributed by atoms with Crippen LogP contribution in [0.5, 0.6) is 5.75 Å². The molecule has 2 aromatic rings. The predicted molar refractivity (Wildman–Crippen MR) is 96.2 cm³/mol. The number of hydrogen-bond donors (Lipinski definition) is 1. The van der Waals surface area contributed by atoms with Gasteiger partial charge >= 0.3 is 0 Å². The van der Waals surface area contributed by atoms with E-state index in [9.17, 15) is 4.79 Å². The van der Waals surface area contributed by atoms with E-state index in [0.717, 1.165) is 25.5 Å². The molecule has 0 unspecified atom stereocenters. The lowest BCUT2D eigenvalue weighted by Crippen LogP contribution is -2.14. The maximum atomic E-state index is 12.0. The fraction of sp³-hybridized carbons (Fsp3) is 0.188. The lowest BCUT2D eigenvalue weighted by molar-refractivity contribution is -0.113. The topological polar surface area (TPSA) is 38.3 Å². The maximum absolute atomic E-state index is 12.0. The Hall–Kier alpha value is -1.21. The monoisotopic (exact) mass is 413 g/mol. The summed E-state index contributed by atoms with van der Waals surface area (Å²) < 4.78 is 6.27. The number of ether oxygens (including phenoxy) is 1. The Kier molecular flexibility index (Phi) is 5.93. The van der Waals surface area contributed by atoms with Crippen LogP contribution in [0.1, 0.15) is 5.56 Å². The molecular formula is C16H16INO2S. The van der Waals surface area contributed by atoms with Crippen molar-refractivity contribution in [3.63, 3.8) is 0 Å². The van der Waals surface area contributed by atoms with Gasteiger partial charge in [-0.1, -0.05) is 0 Å². The zero-order chi connectivity index (χ0) is 15.2. The number of anilines is 1. The molecule has 1 amide bonds. The van der Waals surface area contributed by atoms with Crippen molar-refractivity contribution < 1.29 is 9.53 Å². The first-order valence-corrected chi connectivity index (χ1v) is 8.48. The molecule has 1 N–H and O–H groups in total. The third kappa shape index (κ3) is 4.93. The molecule has 0 spiro atoms. The minimum atomic E-state index is 0.000117. The third-order valence-electron chi connectivity index (χ3n) is 2.89. The molecule has 0 aliphatic carbocycles. The van der Waals surface area contributed by atoms with E-state index in [0.29, 0.717) is 5.75 Å². The van der Waals surface area contributed by atoms with Gasteiger partial charge in [0.25, 0.3) is 0 Å². The summed E-state index contributed by atoms with van der Waals surface area (Å²) in [5.41, 5.74) is 1.94. The van der Waals surface area contributed by atoms with Gasteiger partial charge in [-0.2, -0.15) is 0 Å². The highest BCUT2D eigenvalue weighted by atomic mass is 127. The Bertz CT molecular complexity index is 629. The molecule has 2 aromatic carbocycles. The van der Waals surface area contributed by atoms with Crippen molar-refractivity contribution in [3.05, 3.63) is 51.6 Å².